The Morgan fingerprint density at radius 2 is 1.52 bits per heavy atom. The van der Waals surface area contributed by atoms with Gasteiger partial charge in [0.05, 0.1) is 0 Å². The molecule has 0 aliphatic carbocycles. The van der Waals surface area contributed by atoms with E-state index in [9.17, 15) is 4.79 Å². The van der Waals surface area contributed by atoms with E-state index in [1.807, 2.05) is 60.7 Å². The van der Waals surface area contributed by atoms with Crippen LogP contribution < -0.4 is 5.32 Å². The normalized spacial score (nSPS) is 10.5. The van der Waals surface area contributed by atoms with E-state index in [1.54, 1.807) is 0 Å². The Hall–Kier alpha value is -2.87. The van der Waals surface area contributed by atoms with Crippen LogP contribution in [0.15, 0.2) is 72.8 Å². The van der Waals surface area contributed by atoms with Crippen LogP contribution in [-0.2, 0) is 12.8 Å². The summed E-state index contributed by atoms with van der Waals surface area (Å²) < 4.78 is 0. The van der Waals surface area contributed by atoms with Crippen LogP contribution in [0.4, 0.5) is 5.69 Å². The molecule has 3 aromatic carbocycles. The van der Waals surface area contributed by atoms with E-state index < -0.39 is 0 Å². The molecule has 0 fully saturated rings. The van der Waals surface area contributed by atoms with Crippen LogP contribution in [0.25, 0.3) is 0 Å². The van der Waals surface area contributed by atoms with Crippen LogP contribution in [-0.4, -0.2) is 5.91 Å². The number of aryl methyl sites for hydroxylation is 4. The number of hydrogen-bond donors (Lipinski definition) is 1. The molecular formula is C23H23NO. The van der Waals surface area contributed by atoms with Crippen molar-refractivity contribution >= 4 is 11.6 Å². The summed E-state index contributed by atoms with van der Waals surface area (Å²) in [5.41, 5.74) is 6.35. The Balaban J connectivity index is 1.75. The summed E-state index contributed by atoms with van der Waals surface area (Å²) in [5, 5.41) is 3.03. The molecule has 25 heavy (non-hydrogen) atoms. The van der Waals surface area contributed by atoms with Crippen molar-refractivity contribution in [3.8, 4) is 0 Å². The monoisotopic (exact) mass is 329 g/mol. The van der Waals surface area contributed by atoms with Gasteiger partial charge in [0, 0.05) is 11.3 Å². The summed E-state index contributed by atoms with van der Waals surface area (Å²) in [5.74, 6) is -0.0492. The second-order valence-electron chi connectivity index (χ2n) is 6.40. The summed E-state index contributed by atoms with van der Waals surface area (Å²) in [6.45, 7) is 4.12. The van der Waals surface area contributed by atoms with E-state index >= 15 is 0 Å². The first-order valence-electron chi connectivity index (χ1n) is 8.64. The predicted octanol–water partition coefficient (Wildman–Crippen LogP) is 5.34. The van der Waals surface area contributed by atoms with Crippen molar-refractivity contribution in [3.63, 3.8) is 0 Å². The van der Waals surface area contributed by atoms with Gasteiger partial charge < -0.3 is 5.32 Å². The highest BCUT2D eigenvalue weighted by atomic mass is 16.1. The number of rotatable bonds is 5. The zero-order valence-electron chi connectivity index (χ0n) is 14.8. The summed E-state index contributed by atoms with van der Waals surface area (Å²) >= 11 is 0. The molecular weight excluding hydrogens is 306 g/mol. The summed E-state index contributed by atoms with van der Waals surface area (Å²) in [6, 6.07) is 24.2. The molecule has 0 heterocycles. The van der Waals surface area contributed by atoms with Gasteiger partial charge in [0.1, 0.15) is 0 Å². The van der Waals surface area contributed by atoms with E-state index in [4.69, 9.17) is 0 Å². The van der Waals surface area contributed by atoms with Crippen molar-refractivity contribution < 1.29 is 4.79 Å². The fourth-order valence-corrected chi connectivity index (χ4v) is 2.90. The molecule has 0 saturated heterocycles. The fraction of sp³-hybridized carbons (Fsp3) is 0.174. The lowest BCUT2D eigenvalue weighted by Gasteiger charge is -2.11. The molecule has 0 spiro atoms. The zero-order valence-corrected chi connectivity index (χ0v) is 14.8. The maximum Gasteiger partial charge on any atom is 0.255 e. The quantitative estimate of drug-likeness (QED) is 0.672. The first kappa shape index (κ1) is 17.0. The number of anilines is 1. The smallest absolute Gasteiger partial charge is 0.255 e. The lowest BCUT2D eigenvalue weighted by molar-refractivity contribution is 0.102. The number of carbonyl (C=O) groups is 1. The Bertz CT molecular complexity index is 868. The number of benzene rings is 3. The molecule has 0 radical (unpaired) electrons. The van der Waals surface area contributed by atoms with Gasteiger partial charge in [0.25, 0.3) is 5.91 Å². The molecule has 1 amide bonds. The molecule has 3 aromatic rings. The SMILES string of the molecule is Cc1ccc(NC(=O)c2ccccc2CCc2ccccc2)cc1C. The van der Waals surface area contributed by atoms with Gasteiger partial charge in [-0.05, 0) is 67.1 Å². The average molecular weight is 329 g/mol. The van der Waals surface area contributed by atoms with E-state index in [0.29, 0.717) is 0 Å². The Morgan fingerprint density at radius 1 is 0.800 bits per heavy atom. The van der Waals surface area contributed by atoms with Crippen molar-refractivity contribution in [2.24, 2.45) is 0 Å². The van der Waals surface area contributed by atoms with E-state index in [1.165, 1.54) is 16.7 Å². The van der Waals surface area contributed by atoms with Gasteiger partial charge in [-0.15, -0.1) is 0 Å². The standard InChI is InChI=1S/C23H23NO/c1-17-12-15-21(16-18(17)2)24-23(25)22-11-7-6-10-20(22)14-13-19-8-4-3-5-9-19/h3-12,15-16H,13-14H2,1-2H3,(H,24,25). The Morgan fingerprint density at radius 3 is 2.28 bits per heavy atom. The first-order chi connectivity index (χ1) is 12.1. The number of nitrogens with one attached hydrogen (secondary N) is 1. The molecule has 0 aromatic heterocycles. The first-order valence-corrected chi connectivity index (χ1v) is 8.64. The molecule has 0 atom stereocenters. The molecule has 0 bridgehead atoms. The van der Waals surface area contributed by atoms with Crippen molar-refractivity contribution in [2.45, 2.75) is 26.7 Å². The maximum absolute atomic E-state index is 12.7. The third kappa shape index (κ3) is 4.36. The highest BCUT2D eigenvalue weighted by Crippen LogP contribution is 2.18. The van der Waals surface area contributed by atoms with Crippen LogP contribution in [0.5, 0.6) is 0 Å². The summed E-state index contributed by atoms with van der Waals surface area (Å²) in [6.07, 6.45) is 1.77. The third-order valence-corrected chi connectivity index (χ3v) is 4.55. The zero-order chi connectivity index (χ0) is 17.6. The van der Waals surface area contributed by atoms with Crippen LogP contribution in [0.1, 0.15) is 32.6 Å². The average Bonchev–Trinajstić information content (AvgIpc) is 2.64. The van der Waals surface area contributed by atoms with Crippen molar-refractivity contribution in [1.82, 2.24) is 0 Å². The molecule has 0 aliphatic rings. The minimum atomic E-state index is -0.0492. The molecule has 0 unspecified atom stereocenters. The van der Waals surface area contributed by atoms with Gasteiger partial charge in [-0.25, -0.2) is 0 Å². The molecule has 0 aliphatic heterocycles. The minimum Gasteiger partial charge on any atom is -0.322 e. The lowest BCUT2D eigenvalue weighted by Crippen LogP contribution is -2.14. The fourth-order valence-electron chi connectivity index (χ4n) is 2.90. The lowest BCUT2D eigenvalue weighted by atomic mass is 9.99. The van der Waals surface area contributed by atoms with Crippen LogP contribution >= 0.6 is 0 Å². The number of carbonyl (C=O) groups excluding carboxylic acids is 1. The van der Waals surface area contributed by atoms with Crippen molar-refractivity contribution in [3.05, 3.63) is 101 Å². The molecule has 126 valence electrons. The van der Waals surface area contributed by atoms with Crippen LogP contribution in [0, 0.1) is 13.8 Å². The molecule has 2 nitrogen and oxygen atoms in total. The van der Waals surface area contributed by atoms with Gasteiger partial charge in [0.2, 0.25) is 0 Å². The largest absolute Gasteiger partial charge is 0.322 e. The van der Waals surface area contributed by atoms with E-state index in [2.05, 4.69) is 31.3 Å². The van der Waals surface area contributed by atoms with Gasteiger partial charge >= 0.3 is 0 Å². The highest BCUT2D eigenvalue weighted by Gasteiger charge is 2.11. The van der Waals surface area contributed by atoms with E-state index in [0.717, 1.165) is 29.7 Å². The summed E-state index contributed by atoms with van der Waals surface area (Å²) in [4.78, 5) is 12.7. The Labute approximate surface area is 149 Å². The molecule has 1 N–H and O–H groups in total. The molecule has 0 saturated carbocycles. The molecule has 3 rings (SSSR count). The van der Waals surface area contributed by atoms with Crippen molar-refractivity contribution in [2.75, 3.05) is 5.32 Å². The van der Waals surface area contributed by atoms with Gasteiger partial charge in [-0.3, -0.25) is 4.79 Å². The second-order valence-corrected chi connectivity index (χ2v) is 6.40. The van der Waals surface area contributed by atoms with Crippen molar-refractivity contribution in [1.29, 1.82) is 0 Å². The van der Waals surface area contributed by atoms with Gasteiger partial charge in [-0.1, -0.05) is 54.6 Å². The number of amides is 1. The van der Waals surface area contributed by atoms with Crippen LogP contribution in [0.3, 0.4) is 0 Å². The number of hydrogen-bond acceptors (Lipinski definition) is 1. The molecule has 2 heteroatoms. The van der Waals surface area contributed by atoms with Crippen LogP contribution in [0.2, 0.25) is 0 Å². The van der Waals surface area contributed by atoms with E-state index in [-0.39, 0.29) is 5.91 Å². The maximum atomic E-state index is 12.7. The third-order valence-electron chi connectivity index (χ3n) is 4.55. The van der Waals surface area contributed by atoms with Gasteiger partial charge in [-0.2, -0.15) is 0 Å². The topological polar surface area (TPSA) is 29.1 Å². The highest BCUT2D eigenvalue weighted by molar-refractivity contribution is 6.05. The Kier molecular flexibility index (Phi) is 5.30. The predicted molar refractivity (Wildman–Crippen MR) is 104 cm³/mol. The second kappa shape index (κ2) is 7.80. The minimum absolute atomic E-state index is 0.0492. The van der Waals surface area contributed by atoms with Gasteiger partial charge in [0.15, 0.2) is 0 Å². The summed E-state index contributed by atoms with van der Waals surface area (Å²) in [7, 11) is 0.